The molecule has 2 rings (SSSR count). The zero-order chi connectivity index (χ0) is 14.0. The average Bonchev–Trinajstić information content (AvgIpc) is 2.69. The van der Waals surface area contributed by atoms with Crippen LogP contribution < -0.4 is 4.74 Å². The maximum Gasteiger partial charge on any atom is 0.269 e. The maximum atomic E-state index is 11.7. The van der Waals surface area contributed by atoms with E-state index in [0.717, 1.165) is 23.3 Å². The minimum Gasteiger partial charge on any atom is -0.487 e. The van der Waals surface area contributed by atoms with Gasteiger partial charge in [-0.2, -0.15) is 0 Å². The highest BCUT2D eigenvalue weighted by Gasteiger charge is 2.31. The molecule has 19 heavy (non-hydrogen) atoms. The molecule has 1 amide bonds. The molecule has 0 bridgehead atoms. The molecule has 4 nitrogen and oxygen atoms in total. The Labute approximate surface area is 113 Å². The number of carbonyl (C=O) groups is 1. The van der Waals surface area contributed by atoms with Crippen molar-refractivity contribution in [2.45, 2.75) is 25.9 Å². The Hall–Kier alpha value is -1.81. The lowest BCUT2D eigenvalue weighted by atomic mass is 9.97. The van der Waals surface area contributed by atoms with E-state index in [4.69, 9.17) is 9.57 Å². The third kappa shape index (κ3) is 2.96. The topological polar surface area (TPSA) is 38.8 Å². The van der Waals surface area contributed by atoms with Crippen LogP contribution in [0.1, 0.15) is 25.0 Å². The van der Waals surface area contributed by atoms with Gasteiger partial charge in [0.2, 0.25) is 0 Å². The first-order chi connectivity index (χ1) is 8.93. The van der Waals surface area contributed by atoms with Crippen molar-refractivity contribution < 1.29 is 14.4 Å². The number of likely N-dealkylation sites (N-methyl/N-ethyl adjacent to an activating group) is 1. The monoisotopic (exact) mass is 261 g/mol. The lowest BCUT2D eigenvalue weighted by Gasteiger charge is -2.16. The zero-order valence-electron chi connectivity index (χ0n) is 11.8. The normalized spacial score (nSPS) is 16.2. The first-order valence-electron chi connectivity index (χ1n) is 6.24. The molecule has 0 spiro atoms. The molecule has 0 atom stereocenters. The summed E-state index contributed by atoms with van der Waals surface area (Å²) in [7, 11) is 3.04. The van der Waals surface area contributed by atoms with E-state index in [9.17, 15) is 4.79 Å². The van der Waals surface area contributed by atoms with Crippen molar-refractivity contribution in [3.8, 4) is 5.75 Å². The van der Waals surface area contributed by atoms with Gasteiger partial charge in [0.1, 0.15) is 11.4 Å². The molecule has 1 aliphatic rings. The Morgan fingerprint density at radius 1 is 1.47 bits per heavy atom. The average molecular weight is 261 g/mol. The fourth-order valence-electron chi connectivity index (χ4n) is 2.14. The summed E-state index contributed by atoms with van der Waals surface area (Å²) in [6, 6.07) is 5.88. The van der Waals surface area contributed by atoms with Gasteiger partial charge >= 0.3 is 0 Å². The molecule has 1 aromatic carbocycles. The maximum absolute atomic E-state index is 11.7. The molecule has 102 valence electrons. The Bertz CT molecular complexity index is 520. The molecule has 0 fully saturated rings. The molecule has 0 aliphatic carbocycles. The molecule has 1 aromatic rings. The second-order valence-electron chi connectivity index (χ2n) is 5.21. The summed E-state index contributed by atoms with van der Waals surface area (Å²) in [5, 5.41) is 1.18. The van der Waals surface area contributed by atoms with E-state index in [1.54, 1.807) is 13.1 Å². The Morgan fingerprint density at radius 2 is 2.21 bits per heavy atom. The molecule has 0 radical (unpaired) electrons. The third-order valence-electron chi connectivity index (χ3n) is 3.15. The molecule has 0 N–H and O–H groups in total. The van der Waals surface area contributed by atoms with Crippen LogP contribution in [0.25, 0.3) is 6.08 Å². The summed E-state index contributed by atoms with van der Waals surface area (Å²) in [6.07, 6.45) is 4.16. The van der Waals surface area contributed by atoms with Crippen molar-refractivity contribution in [3.05, 3.63) is 35.4 Å². The first kappa shape index (κ1) is 13.6. The number of fused-ring (bicyclic) bond motifs is 1. The van der Waals surface area contributed by atoms with Crippen LogP contribution in [0.4, 0.5) is 0 Å². The SMILES string of the molecule is CON(C)C(=O)C=Cc1cccc2c1CC(C)(C)O2. The number of benzene rings is 1. The molecule has 0 aromatic heterocycles. The summed E-state index contributed by atoms with van der Waals surface area (Å²) in [5.74, 6) is 0.706. The highest BCUT2D eigenvalue weighted by Crippen LogP contribution is 2.37. The molecule has 4 heteroatoms. The Morgan fingerprint density at radius 3 is 2.89 bits per heavy atom. The van der Waals surface area contributed by atoms with Gasteiger partial charge in [-0.1, -0.05) is 12.1 Å². The van der Waals surface area contributed by atoms with Gasteiger partial charge in [-0.15, -0.1) is 0 Å². The van der Waals surface area contributed by atoms with Crippen LogP contribution in [0, 0.1) is 0 Å². The fourth-order valence-corrected chi connectivity index (χ4v) is 2.14. The quantitative estimate of drug-likeness (QED) is 0.619. The van der Waals surface area contributed by atoms with Crippen LogP contribution in [0.5, 0.6) is 5.75 Å². The van der Waals surface area contributed by atoms with Crippen LogP contribution in [-0.4, -0.2) is 30.7 Å². The summed E-state index contributed by atoms with van der Waals surface area (Å²) in [6.45, 7) is 4.12. The van der Waals surface area contributed by atoms with Crippen molar-refractivity contribution in [1.29, 1.82) is 0 Å². The smallest absolute Gasteiger partial charge is 0.269 e. The number of hydrogen-bond acceptors (Lipinski definition) is 3. The van der Waals surface area contributed by atoms with E-state index < -0.39 is 0 Å². The Balaban J connectivity index is 2.22. The Kier molecular flexibility index (Phi) is 3.62. The predicted molar refractivity (Wildman–Crippen MR) is 73.7 cm³/mol. The number of hydrogen-bond donors (Lipinski definition) is 0. The largest absolute Gasteiger partial charge is 0.487 e. The highest BCUT2D eigenvalue weighted by molar-refractivity contribution is 5.91. The number of ether oxygens (including phenoxy) is 1. The number of rotatable bonds is 3. The van der Waals surface area contributed by atoms with Crippen LogP contribution in [0.15, 0.2) is 24.3 Å². The summed E-state index contributed by atoms with van der Waals surface area (Å²) in [4.78, 5) is 16.5. The minimum atomic E-state index is -0.196. The third-order valence-corrected chi connectivity index (χ3v) is 3.15. The molecule has 0 unspecified atom stereocenters. The number of nitrogens with zero attached hydrogens (tertiary/aromatic N) is 1. The summed E-state index contributed by atoms with van der Waals surface area (Å²) < 4.78 is 5.86. The number of carbonyl (C=O) groups excluding carboxylic acids is 1. The second kappa shape index (κ2) is 5.05. The van der Waals surface area contributed by atoms with Gasteiger partial charge in [-0.05, 0) is 31.6 Å². The van der Waals surface area contributed by atoms with Crippen molar-refractivity contribution in [2.75, 3.05) is 14.2 Å². The molecule has 0 saturated heterocycles. The lowest BCUT2D eigenvalue weighted by Crippen LogP contribution is -2.24. The van der Waals surface area contributed by atoms with Crippen molar-refractivity contribution in [1.82, 2.24) is 5.06 Å². The number of amides is 1. The van der Waals surface area contributed by atoms with E-state index in [2.05, 4.69) is 13.8 Å². The van der Waals surface area contributed by atoms with Gasteiger partial charge in [0, 0.05) is 25.1 Å². The summed E-state index contributed by atoms with van der Waals surface area (Å²) >= 11 is 0. The van der Waals surface area contributed by atoms with E-state index >= 15 is 0 Å². The van der Waals surface area contributed by atoms with Gasteiger partial charge in [-0.25, -0.2) is 5.06 Å². The molecular formula is C15H19NO3. The van der Waals surface area contributed by atoms with Gasteiger partial charge < -0.3 is 4.74 Å². The van der Waals surface area contributed by atoms with Crippen LogP contribution in [-0.2, 0) is 16.1 Å². The van der Waals surface area contributed by atoms with Gasteiger partial charge in [-0.3, -0.25) is 9.63 Å². The van der Waals surface area contributed by atoms with Crippen molar-refractivity contribution in [2.24, 2.45) is 0 Å². The lowest BCUT2D eigenvalue weighted by molar-refractivity contribution is -0.162. The standard InChI is InChI=1S/C15H19NO3/c1-15(2)10-12-11(6-5-7-13(12)19-15)8-9-14(17)16(3)18-4/h5-9H,10H2,1-4H3. The molecule has 1 aliphatic heterocycles. The first-order valence-corrected chi connectivity index (χ1v) is 6.24. The molecule has 1 heterocycles. The van der Waals surface area contributed by atoms with Crippen molar-refractivity contribution in [3.63, 3.8) is 0 Å². The zero-order valence-corrected chi connectivity index (χ0v) is 11.8. The summed E-state index contributed by atoms with van der Waals surface area (Å²) in [5.41, 5.74) is 1.98. The minimum absolute atomic E-state index is 0.181. The predicted octanol–water partition coefficient (Wildman–Crippen LogP) is 2.43. The van der Waals surface area contributed by atoms with Gasteiger partial charge in [0.25, 0.3) is 5.91 Å². The molecular weight excluding hydrogens is 242 g/mol. The van der Waals surface area contributed by atoms with E-state index in [0.29, 0.717) is 0 Å². The van der Waals surface area contributed by atoms with Gasteiger partial charge in [0.15, 0.2) is 0 Å². The van der Waals surface area contributed by atoms with Crippen molar-refractivity contribution >= 4 is 12.0 Å². The fraction of sp³-hybridized carbons (Fsp3) is 0.400. The molecule has 0 saturated carbocycles. The second-order valence-corrected chi connectivity index (χ2v) is 5.21. The van der Waals surface area contributed by atoms with E-state index in [-0.39, 0.29) is 11.5 Å². The van der Waals surface area contributed by atoms with E-state index in [1.807, 2.05) is 18.2 Å². The van der Waals surface area contributed by atoms with Gasteiger partial charge in [0.05, 0.1) is 7.11 Å². The van der Waals surface area contributed by atoms with Crippen LogP contribution in [0.2, 0.25) is 0 Å². The van der Waals surface area contributed by atoms with Crippen LogP contribution >= 0.6 is 0 Å². The van der Waals surface area contributed by atoms with E-state index in [1.165, 1.54) is 18.2 Å². The highest BCUT2D eigenvalue weighted by atomic mass is 16.7. The van der Waals surface area contributed by atoms with Crippen LogP contribution in [0.3, 0.4) is 0 Å². The number of hydroxylamine groups is 2.